The Balaban J connectivity index is 1.82. The topological polar surface area (TPSA) is 87.8 Å². The molecule has 1 aliphatic heterocycles. The largest absolute Gasteiger partial charge is 0.365 e. The van der Waals surface area contributed by atoms with Gasteiger partial charge >= 0.3 is 0 Å². The van der Waals surface area contributed by atoms with Gasteiger partial charge < -0.3 is 4.90 Å². The predicted molar refractivity (Wildman–Crippen MR) is 116 cm³/mol. The van der Waals surface area contributed by atoms with Crippen molar-refractivity contribution in [2.24, 2.45) is 5.10 Å². The Bertz CT molecular complexity index is 1060. The van der Waals surface area contributed by atoms with Crippen LogP contribution in [0.15, 0.2) is 47.6 Å². The van der Waals surface area contributed by atoms with Crippen LogP contribution in [0.25, 0.3) is 5.57 Å². The number of likely N-dealkylation sites (N-methyl/N-ethyl adjacent to an activating group) is 1. The molecule has 0 radical (unpaired) electrons. The SMILES string of the molecule is CC1=CC(C)(C)N(C)c2cc(Cl)c(/C=N/NC(=O)c3cccc([N+](=O)[O-])c3)cc21. The molecule has 0 fully saturated rings. The van der Waals surface area contributed by atoms with E-state index in [1.165, 1.54) is 30.5 Å². The van der Waals surface area contributed by atoms with Gasteiger partial charge in [-0.15, -0.1) is 0 Å². The number of nitrogens with one attached hydrogen (secondary N) is 1. The Morgan fingerprint density at radius 3 is 2.72 bits per heavy atom. The highest BCUT2D eigenvalue weighted by Gasteiger charge is 2.29. The summed E-state index contributed by atoms with van der Waals surface area (Å²) in [6, 6.07) is 9.26. The summed E-state index contributed by atoms with van der Waals surface area (Å²) >= 11 is 6.43. The summed E-state index contributed by atoms with van der Waals surface area (Å²) in [5, 5.41) is 15.3. The Labute approximate surface area is 173 Å². The third kappa shape index (κ3) is 4.14. The first kappa shape index (κ1) is 20.5. The van der Waals surface area contributed by atoms with Crippen molar-refractivity contribution >= 4 is 40.7 Å². The third-order valence-electron chi connectivity index (χ3n) is 5.02. The van der Waals surface area contributed by atoms with E-state index in [-0.39, 0.29) is 16.8 Å². The molecule has 0 unspecified atom stereocenters. The smallest absolute Gasteiger partial charge is 0.271 e. The molecule has 1 aliphatic rings. The molecule has 1 amide bonds. The lowest BCUT2D eigenvalue weighted by Gasteiger charge is -2.40. The number of anilines is 1. The van der Waals surface area contributed by atoms with E-state index in [4.69, 9.17) is 11.6 Å². The van der Waals surface area contributed by atoms with E-state index >= 15 is 0 Å². The molecule has 2 aromatic carbocycles. The summed E-state index contributed by atoms with van der Waals surface area (Å²) in [7, 11) is 2.02. The zero-order valence-electron chi connectivity index (χ0n) is 16.6. The summed E-state index contributed by atoms with van der Waals surface area (Å²) < 4.78 is 0. The van der Waals surface area contributed by atoms with Crippen LogP contribution < -0.4 is 10.3 Å². The minimum atomic E-state index is -0.554. The monoisotopic (exact) mass is 412 g/mol. The molecule has 1 N–H and O–H groups in total. The van der Waals surface area contributed by atoms with E-state index in [9.17, 15) is 14.9 Å². The van der Waals surface area contributed by atoms with E-state index in [1.807, 2.05) is 26.1 Å². The van der Waals surface area contributed by atoms with Crippen molar-refractivity contribution in [2.45, 2.75) is 26.3 Å². The summed E-state index contributed by atoms with van der Waals surface area (Å²) in [5.41, 5.74) is 6.11. The summed E-state index contributed by atoms with van der Waals surface area (Å²) in [6.45, 7) is 6.31. The number of hydrogen-bond donors (Lipinski definition) is 1. The number of carbonyl (C=O) groups excluding carboxylic acids is 1. The lowest BCUT2D eigenvalue weighted by molar-refractivity contribution is -0.384. The van der Waals surface area contributed by atoms with Gasteiger partial charge in [0.2, 0.25) is 0 Å². The van der Waals surface area contributed by atoms with Crippen LogP contribution in [-0.2, 0) is 0 Å². The average molecular weight is 413 g/mol. The predicted octanol–water partition coefficient (Wildman–Crippen LogP) is 4.64. The van der Waals surface area contributed by atoms with Gasteiger partial charge in [0.1, 0.15) is 0 Å². The lowest BCUT2D eigenvalue weighted by Crippen LogP contribution is -2.42. The summed E-state index contributed by atoms with van der Waals surface area (Å²) in [4.78, 5) is 24.6. The van der Waals surface area contributed by atoms with Crippen molar-refractivity contribution in [3.8, 4) is 0 Å². The highest BCUT2D eigenvalue weighted by Crippen LogP contribution is 2.40. The van der Waals surface area contributed by atoms with Gasteiger partial charge in [0.25, 0.3) is 11.6 Å². The number of amides is 1. The minimum absolute atomic E-state index is 0.123. The molecular formula is C21H21ClN4O3. The molecule has 0 saturated heterocycles. The molecule has 150 valence electrons. The molecule has 7 nitrogen and oxygen atoms in total. The van der Waals surface area contributed by atoms with Crippen LogP contribution in [0.2, 0.25) is 5.02 Å². The fourth-order valence-corrected chi connectivity index (χ4v) is 3.48. The van der Waals surface area contributed by atoms with Crippen LogP contribution in [0.4, 0.5) is 11.4 Å². The van der Waals surface area contributed by atoms with Crippen LogP contribution >= 0.6 is 11.6 Å². The van der Waals surface area contributed by atoms with Crippen LogP contribution in [0, 0.1) is 10.1 Å². The van der Waals surface area contributed by atoms with Crippen molar-refractivity contribution < 1.29 is 9.72 Å². The van der Waals surface area contributed by atoms with Gasteiger partial charge in [0, 0.05) is 41.6 Å². The van der Waals surface area contributed by atoms with Gasteiger partial charge in [-0.3, -0.25) is 14.9 Å². The second-order valence-corrected chi connectivity index (χ2v) is 7.84. The van der Waals surface area contributed by atoms with Crippen LogP contribution in [0.1, 0.15) is 42.3 Å². The van der Waals surface area contributed by atoms with Crippen LogP contribution in [-0.4, -0.2) is 29.6 Å². The number of fused-ring (bicyclic) bond motifs is 1. The van der Waals surface area contributed by atoms with E-state index in [0.29, 0.717) is 10.6 Å². The van der Waals surface area contributed by atoms with Crippen LogP contribution in [0.5, 0.6) is 0 Å². The second kappa shape index (κ2) is 7.67. The summed E-state index contributed by atoms with van der Waals surface area (Å²) in [6.07, 6.45) is 3.65. The number of nitro benzene ring substituents is 1. The number of nitrogens with zero attached hydrogens (tertiary/aromatic N) is 3. The highest BCUT2D eigenvalue weighted by atomic mass is 35.5. The number of carbonyl (C=O) groups is 1. The molecule has 0 aliphatic carbocycles. The van der Waals surface area contributed by atoms with Crippen molar-refractivity contribution in [2.75, 3.05) is 11.9 Å². The van der Waals surface area contributed by atoms with E-state index in [1.54, 1.807) is 0 Å². The second-order valence-electron chi connectivity index (χ2n) is 7.44. The molecule has 29 heavy (non-hydrogen) atoms. The van der Waals surface area contributed by atoms with Crippen molar-refractivity contribution in [1.82, 2.24) is 5.43 Å². The number of halogens is 1. The Kier molecular flexibility index (Phi) is 5.44. The van der Waals surface area contributed by atoms with Crippen molar-refractivity contribution in [1.29, 1.82) is 0 Å². The number of nitro groups is 1. The lowest BCUT2D eigenvalue weighted by atomic mass is 9.88. The molecule has 3 rings (SSSR count). The quantitative estimate of drug-likeness (QED) is 0.450. The van der Waals surface area contributed by atoms with E-state index in [2.05, 4.69) is 35.4 Å². The number of non-ortho nitro benzene ring substituents is 1. The maximum Gasteiger partial charge on any atom is 0.271 e. The molecular weight excluding hydrogens is 392 g/mol. The molecule has 0 spiro atoms. The number of hydrogen-bond acceptors (Lipinski definition) is 5. The Morgan fingerprint density at radius 2 is 2.03 bits per heavy atom. The van der Waals surface area contributed by atoms with Crippen LogP contribution in [0.3, 0.4) is 0 Å². The van der Waals surface area contributed by atoms with E-state index < -0.39 is 10.8 Å². The number of rotatable bonds is 4. The average Bonchev–Trinajstić information content (AvgIpc) is 2.66. The fraction of sp³-hybridized carbons (Fsp3) is 0.238. The molecule has 0 aromatic heterocycles. The molecule has 2 aromatic rings. The standard InChI is InChI=1S/C21H21ClN4O3/c1-13-11-21(2,3)25(4)19-10-18(22)15(9-17(13)19)12-23-24-20(27)14-6-5-7-16(8-14)26(28)29/h5-12H,1-4H3,(H,24,27)/b23-12+. The van der Waals surface area contributed by atoms with Crippen molar-refractivity contribution in [3.05, 3.63) is 74.3 Å². The molecule has 0 bridgehead atoms. The van der Waals surface area contributed by atoms with Gasteiger partial charge in [-0.2, -0.15) is 5.10 Å². The Hall–Kier alpha value is -3.19. The fourth-order valence-electron chi connectivity index (χ4n) is 3.27. The van der Waals surface area contributed by atoms with E-state index in [0.717, 1.165) is 16.8 Å². The van der Waals surface area contributed by atoms with Gasteiger partial charge in [0.05, 0.1) is 21.7 Å². The third-order valence-corrected chi connectivity index (χ3v) is 5.35. The number of allylic oxidation sites excluding steroid dienone is 1. The van der Waals surface area contributed by atoms with Crippen molar-refractivity contribution in [3.63, 3.8) is 0 Å². The first-order chi connectivity index (χ1) is 13.6. The molecule has 0 atom stereocenters. The number of benzene rings is 2. The van der Waals surface area contributed by atoms with Gasteiger partial charge in [-0.1, -0.05) is 23.7 Å². The zero-order valence-corrected chi connectivity index (χ0v) is 17.3. The Morgan fingerprint density at radius 1 is 1.31 bits per heavy atom. The van der Waals surface area contributed by atoms with Gasteiger partial charge in [0.15, 0.2) is 0 Å². The first-order valence-corrected chi connectivity index (χ1v) is 9.33. The zero-order chi connectivity index (χ0) is 21.3. The summed E-state index contributed by atoms with van der Waals surface area (Å²) in [5.74, 6) is -0.545. The van der Waals surface area contributed by atoms with Gasteiger partial charge in [-0.05, 0) is 44.5 Å². The molecule has 0 saturated carbocycles. The number of hydrazone groups is 1. The minimum Gasteiger partial charge on any atom is -0.365 e. The maximum atomic E-state index is 12.2. The maximum absolute atomic E-state index is 12.2. The normalized spacial score (nSPS) is 15.1. The molecule has 1 heterocycles. The highest BCUT2D eigenvalue weighted by molar-refractivity contribution is 6.33. The molecule has 8 heteroatoms. The first-order valence-electron chi connectivity index (χ1n) is 8.95. The van der Waals surface area contributed by atoms with Gasteiger partial charge in [-0.25, -0.2) is 5.43 Å².